The van der Waals surface area contributed by atoms with Gasteiger partial charge in [0.15, 0.2) is 0 Å². The molecule has 0 saturated heterocycles. The second-order valence-electron chi connectivity index (χ2n) is 4.64. The van der Waals surface area contributed by atoms with Gasteiger partial charge < -0.3 is 10.0 Å². The largest absolute Gasteiger partial charge is 0.477 e. The zero-order chi connectivity index (χ0) is 15.1. The van der Waals surface area contributed by atoms with Gasteiger partial charge in [0.05, 0.1) is 5.69 Å². The van der Waals surface area contributed by atoms with E-state index in [2.05, 4.69) is 5.10 Å². The van der Waals surface area contributed by atoms with Crippen LogP contribution in [0.15, 0.2) is 11.6 Å². The zero-order valence-electron chi connectivity index (χ0n) is 11.0. The summed E-state index contributed by atoms with van der Waals surface area (Å²) in [5.74, 6) is -0.788. The summed E-state index contributed by atoms with van der Waals surface area (Å²) >= 11 is 0. The van der Waals surface area contributed by atoms with Gasteiger partial charge in [-0.25, -0.2) is 4.79 Å². The highest BCUT2D eigenvalue weighted by Crippen LogP contribution is 2.32. The average molecular weight is 289 g/mol. The normalized spacial score (nSPS) is 16.2. The van der Waals surface area contributed by atoms with Crippen molar-refractivity contribution >= 4 is 11.8 Å². The summed E-state index contributed by atoms with van der Waals surface area (Å²) in [6.07, 6.45) is -3.38. The number of halogens is 3. The van der Waals surface area contributed by atoms with Crippen LogP contribution in [0, 0.1) is 6.92 Å². The average Bonchev–Trinajstić information content (AvgIpc) is 2.63. The molecule has 20 heavy (non-hydrogen) atoms. The second-order valence-corrected chi connectivity index (χ2v) is 4.64. The van der Waals surface area contributed by atoms with Gasteiger partial charge in [0, 0.05) is 25.7 Å². The molecule has 5 nitrogen and oxygen atoms in total. The first kappa shape index (κ1) is 14.4. The van der Waals surface area contributed by atoms with Crippen LogP contribution < -0.4 is 4.90 Å². The number of aromatic nitrogens is 2. The quantitative estimate of drug-likeness (QED) is 0.847. The Morgan fingerprint density at radius 3 is 2.55 bits per heavy atom. The van der Waals surface area contributed by atoms with E-state index in [0.717, 1.165) is 6.08 Å². The number of aromatic carboxylic acids is 1. The molecule has 0 spiro atoms. The molecule has 0 atom stereocenters. The minimum absolute atomic E-state index is 0.0219. The molecule has 0 unspecified atom stereocenters. The fraction of sp³-hybridized carbons (Fsp3) is 0.500. The minimum atomic E-state index is -4.32. The van der Waals surface area contributed by atoms with Gasteiger partial charge in [-0.2, -0.15) is 18.3 Å². The highest BCUT2D eigenvalue weighted by atomic mass is 19.4. The molecule has 110 valence electrons. The van der Waals surface area contributed by atoms with Crippen molar-refractivity contribution in [1.82, 2.24) is 9.78 Å². The number of hydrogen-bond acceptors (Lipinski definition) is 3. The fourth-order valence-corrected chi connectivity index (χ4v) is 2.38. The molecule has 0 aliphatic carbocycles. The van der Waals surface area contributed by atoms with Crippen LogP contribution in [-0.2, 0) is 7.05 Å². The number of carbonyl (C=O) groups is 1. The van der Waals surface area contributed by atoms with Crippen LogP contribution in [0.25, 0.3) is 0 Å². The van der Waals surface area contributed by atoms with E-state index < -0.39 is 17.7 Å². The van der Waals surface area contributed by atoms with E-state index in [1.165, 1.54) is 4.68 Å². The van der Waals surface area contributed by atoms with Crippen molar-refractivity contribution in [3.8, 4) is 0 Å². The van der Waals surface area contributed by atoms with E-state index in [9.17, 15) is 23.1 Å². The highest BCUT2D eigenvalue weighted by Gasteiger charge is 2.36. The molecule has 0 fully saturated rings. The maximum atomic E-state index is 12.6. The Bertz CT molecular complexity index is 575. The molecular formula is C12H14F3N3O2. The molecule has 0 aromatic carbocycles. The van der Waals surface area contributed by atoms with Crippen LogP contribution in [0.1, 0.15) is 22.5 Å². The highest BCUT2D eigenvalue weighted by molar-refractivity contribution is 5.95. The molecule has 1 aromatic heterocycles. The van der Waals surface area contributed by atoms with Gasteiger partial charge in [0.1, 0.15) is 11.4 Å². The summed E-state index contributed by atoms with van der Waals surface area (Å²) in [4.78, 5) is 12.8. The topological polar surface area (TPSA) is 58.4 Å². The number of carboxylic acid groups (broad SMARTS) is 1. The molecule has 0 radical (unpaired) electrons. The van der Waals surface area contributed by atoms with Gasteiger partial charge in [0.2, 0.25) is 0 Å². The number of rotatable bonds is 2. The van der Waals surface area contributed by atoms with Crippen LogP contribution in [0.3, 0.4) is 0 Å². The minimum Gasteiger partial charge on any atom is -0.477 e. The summed E-state index contributed by atoms with van der Waals surface area (Å²) in [5, 5.41) is 13.2. The first-order chi connectivity index (χ1) is 9.21. The van der Waals surface area contributed by atoms with Gasteiger partial charge in [-0.05, 0) is 13.3 Å². The Labute approximate surface area is 113 Å². The summed E-state index contributed by atoms with van der Waals surface area (Å²) in [6.45, 7) is 1.70. The molecule has 1 N–H and O–H groups in total. The molecule has 0 amide bonds. The smallest absolute Gasteiger partial charge is 0.412 e. The number of hydrogen-bond donors (Lipinski definition) is 1. The summed E-state index contributed by atoms with van der Waals surface area (Å²) in [6, 6.07) is 0. The van der Waals surface area contributed by atoms with E-state index in [4.69, 9.17) is 0 Å². The molecule has 8 heteroatoms. The maximum Gasteiger partial charge on any atom is 0.412 e. The van der Waals surface area contributed by atoms with Crippen molar-refractivity contribution in [2.45, 2.75) is 19.5 Å². The van der Waals surface area contributed by atoms with Crippen molar-refractivity contribution < 1.29 is 23.1 Å². The van der Waals surface area contributed by atoms with Crippen LogP contribution in [0.2, 0.25) is 0 Å². The third-order valence-corrected chi connectivity index (χ3v) is 3.28. The first-order valence-corrected chi connectivity index (χ1v) is 6.00. The van der Waals surface area contributed by atoms with E-state index in [-0.39, 0.29) is 25.1 Å². The van der Waals surface area contributed by atoms with Gasteiger partial charge in [-0.15, -0.1) is 0 Å². The predicted octanol–water partition coefficient (Wildman–Crippen LogP) is 2.13. The lowest BCUT2D eigenvalue weighted by Crippen LogP contribution is -2.34. The monoisotopic (exact) mass is 289 g/mol. The third kappa shape index (κ3) is 2.50. The van der Waals surface area contributed by atoms with Crippen molar-refractivity contribution in [2.24, 2.45) is 7.05 Å². The SMILES string of the molecule is Cc1nn(C)c(N2CC=C(C(F)(F)F)CC2)c1C(=O)O. The first-order valence-electron chi connectivity index (χ1n) is 6.00. The van der Waals surface area contributed by atoms with Gasteiger partial charge in [-0.1, -0.05) is 6.08 Å². The molecule has 2 rings (SSSR count). The standard InChI is InChI=1S/C12H14F3N3O2/c1-7-9(11(19)20)10(17(2)16-7)18-5-3-8(4-6-18)12(13,14)15/h3H,4-6H2,1-2H3,(H,19,20). The fourth-order valence-electron chi connectivity index (χ4n) is 2.38. The van der Waals surface area contributed by atoms with E-state index in [1.54, 1.807) is 18.9 Å². The lowest BCUT2D eigenvalue weighted by atomic mass is 10.1. The van der Waals surface area contributed by atoms with Crippen LogP contribution in [0.5, 0.6) is 0 Å². The number of nitrogens with zero attached hydrogens (tertiary/aromatic N) is 3. The third-order valence-electron chi connectivity index (χ3n) is 3.28. The zero-order valence-corrected chi connectivity index (χ0v) is 11.0. The number of anilines is 1. The second kappa shape index (κ2) is 4.84. The van der Waals surface area contributed by atoms with Crippen LogP contribution in [0.4, 0.5) is 19.0 Å². The number of alkyl halides is 3. The molecule has 0 bridgehead atoms. The number of aryl methyl sites for hydroxylation is 2. The van der Waals surface area contributed by atoms with Crippen LogP contribution in [-0.4, -0.2) is 40.1 Å². The Hall–Kier alpha value is -1.99. The molecule has 1 aliphatic rings. The summed E-state index contributed by atoms with van der Waals surface area (Å²) in [5.41, 5.74) is -0.179. The molecule has 1 aromatic rings. The number of carboxylic acids is 1. The van der Waals surface area contributed by atoms with E-state index in [1.807, 2.05) is 0 Å². The van der Waals surface area contributed by atoms with Gasteiger partial charge in [0.25, 0.3) is 0 Å². The lowest BCUT2D eigenvalue weighted by molar-refractivity contribution is -0.0944. The van der Waals surface area contributed by atoms with Crippen molar-refractivity contribution in [3.05, 3.63) is 22.9 Å². The van der Waals surface area contributed by atoms with Crippen molar-refractivity contribution in [2.75, 3.05) is 18.0 Å². The molecule has 0 saturated carbocycles. The molecular weight excluding hydrogens is 275 g/mol. The van der Waals surface area contributed by atoms with Gasteiger partial charge in [-0.3, -0.25) is 4.68 Å². The summed E-state index contributed by atoms with van der Waals surface area (Å²) in [7, 11) is 1.58. The Morgan fingerprint density at radius 1 is 1.45 bits per heavy atom. The Kier molecular flexibility index (Phi) is 3.49. The molecule has 2 heterocycles. The van der Waals surface area contributed by atoms with Gasteiger partial charge >= 0.3 is 12.1 Å². The van der Waals surface area contributed by atoms with E-state index in [0.29, 0.717) is 11.5 Å². The lowest BCUT2D eigenvalue weighted by Gasteiger charge is -2.29. The van der Waals surface area contributed by atoms with Crippen molar-refractivity contribution in [1.29, 1.82) is 0 Å². The predicted molar refractivity (Wildman–Crippen MR) is 65.9 cm³/mol. The maximum absolute atomic E-state index is 12.6. The van der Waals surface area contributed by atoms with E-state index >= 15 is 0 Å². The Morgan fingerprint density at radius 2 is 2.10 bits per heavy atom. The van der Waals surface area contributed by atoms with Crippen molar-refractivity contribution in [3.63, 3.8) is 0 Å². The summed E-state index contributed by atoms with van der Waals surface area (Å²) < 4.78 is 39.1. The van der Waals surface area contributed by atoms with Crippen LogP contribution >= 0.6 is 0 Å². The molecule has 1 aliphatic heterocycles. The Balaban J connectivity index is 2.32.